The molecule has 0 saturated carbocycles. The average Bonchev–Trinajstić information content (AvgIpc) is 2.70. The summed E-state index contributed by atoms with van der Waals surface area (Å²) in [5.41, 5.74) is 3.27. The molecule has 1 aliphatic rings. The molecule has 1 fully saturated rings. The summed E-state index contributed by atoms with van der Waals surface area (Å²) in [4.78, 5) is 0. The van der Waals surface area contributed by atoms with Crippen LogP contribution in [-0.2, 0) is 11.2 Å². The molecular weight excluding hydrogens is 346 g/mol. The second kappa shape index (κ2) is 8.51. The van der Waals surface area contributed by atoms with Gasteiger partial charge in [-0.1, -0.05) is 24.3 Å². The molecule has 1 unspecified atom stereocenters. The summed E-state index contributed by atoms with van der Waals surface area (Å²) in [7, 11) is 1.61. The highest BCUT2D eigenvalue weighted by Gasteiger charge is 2.37. The Balaban J connectivity index is 1.85. The van der Waals surface area contributed by atoms with Crippen molar-refractivity contribution in [1.82, 2.24) is 0 Å². The van der Waals surface area contributed by atoms with Gasteiger partial charge in [-0.15, -0.1) is 0 Å². The van der Waals surface area contributed by atoms with E-state index in [1.807, 2.05) is 30.3 Å². The number of ether oxygens (including phenoxy) is 2. The Morgan fingerprint density at radius 3 is 2.56 bits per heavy atom. The zero-order chi connectivity index (χ0) is 19.4. The molecule has 142 valence electrons. The molecule has 27 heavy (non-hydrogen) atoms. The lowest BCUT2D eigenvalue weighted by Gasteiger charge is -2.36. The van der Waals surface area contributed by atoms with Gasteiger partial charge in [0, 0.05) is 6.42 Å². The third-order valence-corrected chi connectivity index (χ3v) is 4.92. The average molecular weight is 369 g/mol. The topological polar surface area (TPSA) is 103 Å². The van der Waals surface area contributed by atoms with Gasteiger partial charge in [0.25, 0.3) is 0 Å². The minimum absolute atomic E-state index is 0.228. The molecule has 3 N–H and O–H groups in total. The van der Waals surface area contributed by atoms with Gasteiger partial charge >= 0.3 is 0 Å². The molecule has 6 heteroatoms. The maximum absolute atomic E-state index is 10.1. The fraction of sp³-hybridized carbons (Fsp3) is 0.381. The molecule has 4 atom stereocenters. The van der Waals surface area contributed by atoms with Gasteiger partial charge < -0.3 is 24.8 Å². The zero-order valence-corrected chi connectivity index (χ0v) is 15.1. The molecule has 0 spiro atoms. The lowest BCUT2D eigenvalue weighted by molar-refractivity contribution is -0.181. The van der Waals surface area contributed by atoms with Crippen molar-refractivity contribution in [3.8, 4) is 11.8 Å². The van der Waals surface area contributed by atoms with Gasteiger partial charge in [-0.2, -0.15) is 5.26 Å². The molecule has 1 aliphatic heterocycles. The summed E-state index contributed by atoms with van der Waals surface area (Å²) in [6, 6.07) is 15.3. The first-order valence-corrected chi connectivity index (χ1v) is 8.84. The normalized spacial score (nSPS) is 25.0. The van der Waals surface area contributed by atoms with Gasteiger partial charge in [0.2, 0.25) is 0 Å². The minimum Gasteiger partial charge on any atom is -0.497 e. The predicted octanol–water partition coefficient (Wildman–Crippen LogP) is 1.70. The Hall–Kier alpha value is -2.43. The van der Waals surface area contributed by atoms with Crippen molar-refractivity contribution in [3.05, 3.63) is 64.7 Å². The van der Waals surface area contributed by atoms with Gasteiger partial charge in [0.05, 0.1) is 37.6 Å². The highest BCUT2D eigenvalue weighted by molar-refractivity contribution is 5.44. The predicted molar refractivity (Wildman–Crippen MR) is 98.3 cm³/mol. The van der Waals surface area contributed by atoms with E-state index < -0.39 is 24.4 Å². The molecule has 2 aromatic rings. The lowest BCUT2D eigenvalue weighted by Crippen LogP contribution is -2.47. The highest BCUT2D eigenvalue weighted by atomic mass is 16.5. The number of nitrogens with zero attached hydrogens (tertiary/aromatic N) is 1. The maximum Gasteiger partial charge on any atom is 0.118 e. The van der Waals surface area contributed by atoms with Crippen LogP contribution in [0, 0.1) is 11.3 Å². The van der Waals surface area contributed by atoms with E-state index in [0.29, 0.717) is 12.0 Å². The first-order chi connectivity index (χ1) is 13.0. The number of benzene rings is 2. The minimum atomic E-state index is -1.11. The van der Waals surface area contributed by atoms with Gasteiger partial charge in [0.1, 0.15) is 18.0 Å². The second-order valence-corrected chi connectivity index (χ2v) is 6.69. The van der Waals surface area contributed by atoms with Gasteiger partial charge in [-0.05, 0) is 41.3 Å². The molecular formula is C21H23NO5. The molecule has 0 radical (unpaired) electrons. The quantitative estimate of drug-likeness (QED) is 0.741. The number of hydrogen-bond acceptors (Lipinski definition) is 6. The molecule has 1 heterocycles. The van der Waals surface area contributed by atoms with Crippen LogP contribution in [0.4, 0.5) is 0 Å². The van der Waals surface area contributed by atoms with Crippen LogP contribution in [0.15, 0.2) is 42.5 Å². The molecule has 0 bridgehead atoms. The molecule has 0 aliphatic carbocycles. The molecule has 0 aromatic heterocycles. The number of hydrogen-bond donors (Lipinski definition) is 3. The summed E-state index contributed by atoms with van der Waals surface area (Å²) in [5, 5.41) is 38.7. The van der Waals surface area contributed by atoms with Crippen LogP contribution in [0.1, 0.15) is 34.8 Å². The van der Waals surface area contributed by atoms with Gasteiger partial charge in [-0.25, -0.2) is 0 Å². The first kappa shape index (κ1) is 19.3. The SMILES string of the molecule is COc1ccc(Cc2cc([C@H]3C[C@@H](O)C(O)[C@@H](CO)O3)ccc2C#N)cc1. The first-order valence-electron chi connectivity index (χ1n) is 8.84. The van der Waals surface area contributed by atoms with Crippen molar-refractivity contribution >= 4 is 0 Å². The Bertz CT molecular complexity index is 814. The molecule has 3 rings (SSSR count). The van der Waals surface area contributed by atoms with Crippen molar-refractivity contribution < 1.29 is 24.8 Å². The van der Waals surface area contributed by atoms with E-state index >= 15 is 0 Å². The van der Waals surface area contributed by atoms with E-state index in [9.17, 15) is 20.6 Å². The largest absolute Gasteiger partial charge is 0.497 e. The summed E-state index contributed by atoms with van der Waals surface area (Å²) in [5.74, 6) is 0.770. The van der Waals surface area contributed by atoms with E-state index in [1.54, 1.807) is 19.2 Å². The van der Waals surface area contributed by atoms with Gasteiger partial charge in [-0.3, -0.25) is 0 Å². The highest BCUT2D eigenvalue weighted by Crippen LogP contribution is 2.33. The summed E-state index contributed by atoms with van der Waals surface area (Å²) < 4.78 is 10.9. The monoisotopic (exact) mass is 369 g/mol. The van der Waals surface area contributed by atoms with E-state index in [2.05, 4.69) is 6.07 Å². The number of nitriles is 1. The van der Waals surface area contributed by atoms with Crippen LogP contribution in [0.3, 0.4) is 0 Å². The van der Waals surface area contributed by atoms with Crippen molar-refractivity contribution in [1.29, 1.82) is 5.26 Å². The Kier molecular flexibility index (Phi) is 6.09. The van der Waals surface area contributed by atoms with Crippen molar-refractivity contribution in [2.45, 2.75) is 37.3 Å². The van der Waals surface area contributed by atoms with Gasteiger partial charge in [0.15, 0.2) is 0 Å². The molecule has 1 saturated heterocycles. The third-order valence-electron chi connectivity index (χ3n) is 4.92. The maximum atomic E-state index is 10.1. The zero-order valence-electron chi connectivity index (χ0n) is 15.1. The Labute approximate surface area is 158 Å². The second-order valence-electron chi connectivity index (χ2n) is 6.69. The standard InChI is InChI=1S/C21H23NO5/c1-26-17-6-2-13(3-7-17)8-16-9-14(4-5-15(16)11-22)19-10-18(24)21(25)20(12-23)27-19/h2-7,9,18-21,23-25H,8,10,12H2,1H3/t18-,19-,20-,21?/m1/s1. The number of aliphatic hydroxyl groups is 3. The van der Waals surface area contributed by atoms with Crippen LogP contribution < -0.4 is 4.74 Å². The van der Waals surface area contributed by atoms with E-state index in [1.165, 1.54) is 0 Å². The van der Waals surface area contributed by atoms with Crippen molar-refractivity contribution in [2.75, 3.05) is 13.7 Å². The van der Waals surface area contributed by atoms with Crippen LogP contribution in [0.5, 0.6) is 5.75 Å². The fourth-order valence-electron chi connectivity index (χ4n) is 3.35. The fourth-order valence-corrected chi connectivity index (χ4v) is 3.35. The van der Waals surface area contributed by atoms with Crippen LogP contribution in [0.25, 0.3) is 0 Å². The summed E-state index contributed by atoms with van der Waals surface area (Å²) in [6.45, 7) is -0.371. The van der Waals surface area contributed by atoms with Crippen LogP contribution in [0.2, 0.25) is 0 Å². The Morgan fingerprint density at radius 2 is 1.93 bits per heavy atom. The number of aliphatic hydroxyl groups excluding tert-OH is 3. The summed E-state index contributed by atoms with van der Waals surface area (Å²) in [6.07, 6.45) is -2.57. The number of rotatable bonds is 5. The number of methoxy groups -OCH3 is 1. The van der Waals surface area contributed by atoms with Crippen molar-refractivity contribution in [2.24, 2.45) is 0 Å². The molecule has 0 amide bonds. The molecule has 6 nitrogen and oxygen atoms in total. The molecule has 2 aromatic carbocycles. The van der Waals surface area contributed by atoms with Crippen molar-refractivity contribution in [3.63, 3.8) is 0 Å². The van der Waals surface area contributed by atoms with Crippen LogP contribution >= 0.6 is 0 Å². The lowest BCUT2D eigenvalue weighted by atomic mass is 9.91. The summed E-state index contributed by atoms with van der Waals surface area (Å²) >= 11 is 0. The smallest absolute Gasteiger partial charge is 0.118 e. The van der Waals surface area contributed by atoms with E-state index in [4.69, 9.17) is 9.47 Å². The van der Waals surface area contributed by atoms with E-state index in [0.717, 1.165) is 22.4 Å². The Morgan fingerprint density at radius 1 is 1.19 bits per heavy atom. The third kappa shape index (κ3) is 4.29. The van der Waals surface area contributed by atoms with Crippen LogP contribution in [-0.4, -0.2) is 47.3 Å². The van der Waals surface area contributed by atoms with E-state index in [-0.39, 0.29) is 13.0 Å².